The van der Waals surface area contributed by atoms with Gasteiger partial charge < -0.3 is 10.1 Å². The van der Waals surface area contributed by atoms with Crippen LogP contribution in [0.1, 0.15) is 49.3 Å². The van der Waals surface area contributed by atoms with Crippen LogP contribution in [0.15, 0.2) is 35.3 Å². The minimum Gasteiger partial charge on any atom is -0.476 e. The fraction of sp³-hybridized carbons (Fsp3) is 0.478. The van der Waals surface area contributed by atoms with Gasteiger partial charge in [0.05, 0.1) is 24.5 Å². The third-order valence-electron chi connectivity index (χ3n) is 5.64. The molecule has 166 valence electrons. The number of rotatable bonds is 9. The largest absolute Gasteiger partial charge is 0.476 e. The Kier molecular flexibility index (Phi) is 7.09. The maximum atomic E-state index is 12.5. The van der Waals surface area contributed by atoms with Crippen molar-refractivity contribution >= 4 is 5.69 Å². The highest BCUT2D eigenvalue weighted by molar-refractivity contribution is 5.43. The Balaban J connectivity index is 1.66. The van der Waals surface area contributed by atoms with Gasteiger partial charge in [0.25, 0.3) is 5.56 Å². The van der Waals surface area contributed by atoms with Gasteiger partial charge in [-0.15, -0.1) is 5.10 Å². The van der Waals surface area contributed by atoms with Crippen LogP contribution < -0.4 is 15.6 Å². The molecule has 0 spiro atoms. The van der Waals surface area contributed by atoms with Crippen molar-refractivity contribution in [3.8, 4) is 5.88 Å². The second-order valence-electron chi connectivity index (χ2n) is 8.12. The summed E-state index contributed by atoms with van der Waals surface area (Å²) < 4.78 is 9.08. The quantitative estimate of drug-likeness (QED) is 0.568. The van der Waals surface area contributed by atoms with Crippen molar-refractivity contribution in [3.05, 3.63) is 63.5 Å². The average molecular weight is 425 g/mol. The van der Waals surface area contributed by atoms with Gasteiger partial charge in [0.2, 0.25) is 5.88 Å². The van der Waals surface area contributed by atoms with Gasteiger partial charge in [-0.3, -0.25) is 14.5 Å². The molecule has 0 radical (unpaired) electrons. The second-order valence-corrected chi connectivity index (χ2v) is 8.12. The molecule has 3 aromatic heterocycles. The van der Waals surface area contributed by atoms with Gasteiger partial charge in [0.1, 0.15) is 5.69 Å². The van der Waals surface area contributed by atoms with Crippen LogP contribution >= 0.6 is 0 Å². The Morgan fingerprint density at radius 3 is 2.55 bits per heavy atom. The van der Waals surface area contributed by atoms with E-state index in [1.54, 1.807) is 13.1 Å². The number of hydrogen-bond donors (Lipinski definition) is 1. The number of ether oxygens (including phenoxy) is 1. The van der Waals surface area contributed by atoms with Crippen LogP contribution in [0.4, 0.5) is 5.69 Å². The lowest BCUT2D eigenvalue weighted by Crippen LogP contribution is -2.25. The molecule has 0 saturated carbocycles. The molecule has 1 N–H and O–H groups in total. The molecule has 2 atom stereocenters. The normalized spacial score (nSPS) is 13.1. The van der Waals surface area contributed by atoms with E-state index in [2.05, 4.69) is 53.4 Å². The van der Waals surface area contributed by atoms with E-state index in [4.69, 9.17) is 4.74 Å². The first-order valence-corrected chi connectivity index (χ1v) is 10.7. The highest BCUT2D eigenvalue weighted by Gasteiger charge is 2.17. The first-order valence-electron chi connectivity index (χ1n) is 10.7. The fourth-order valence-electron chi connectivity index (χ4n) is 3.28. The molecule has 31 heavy (non-hydrogen) atoms. The number of aromatic nitrogens is 5. The van der Waals surface area contributed by atoms with E-state index in [1.165, 1.54) is 4.68 Å². The van der Waals surface area contributed by atoms with Crippen molar-refractivity contribution in [2.24, 2.45) is 20.0 Å². The zero-order chi connectivity index (χ0) is 22.5. The molecule has 1 unspecified atom stereocenters. The number of hydrogen-bond acceptors (Lipinski definition) is 6. The monoisotopic (exact) mass is 424 g/mol. The van der Waals surface area contributed by atoms with Crippen LogP contribution in [-0.4, -0.2) is 31.2 Å². The Bertz CT molecular complexity index is 1070. The van der Waals surface area contributed by atoms with Crippen LogP contribution in [0.5, 0.6) is 5.88 Å². The summed E-state index contributed by atoms with van der Waals surface area (Å²) in [5.41, 5.74) is 4.47. The van der Waals surface area contributed by atoms with Crippen molar-refractivity contribution in [2.45, 2.75) is 46.6 Å². The minimum absolute atomic E-state index is 0.199. The van der Waals surface area contributed by atoms with Gasteiger partial charge >= 0.3 is 0 Å². The lowest BCUT2D eigenvalue weighted by molar-refractivity contribution is 0.228. The van der Waals surface area contributed by atoms with Gasteiger partial charge in [0, 0.05) is 38.0 Å². The van der Waals surface area contributed by atoms with Crippen molar-refractivity contribution in [2.75, 3.05) is 11.9 Å². The van der Waals surface area contributed by atoms with Crippen molar-refractivity contribution in [1.29, 1.82) is 0 Å². The maximum absolute atomic E-state index is 12.5. The maximum Gasteiger partial charge on any atom is 0.290 e. The zero-order valence-electron chi connectivity index (χ0n) is 19.2. The molecule has 0 aliphatic rings. The number of nitrogens with one attached hydrogen (secondary N) is 1. The highest BCUT2D eigenvalue weighted by Crippen LogP contribution is 2.23. The first-order chi connectivity index (χ1) is 14.8. The van der Waals surface area contributed by atoms with Crippen LogP contribution in [0.2, 0.25) is 0 Å². The van der Waals surface area contributed by atoms with Crippen LogP contribution in [0.3, 0.4) is 0 Å². The molecule has 3 aromatic rings. The average Bonchev–Trinajstić information content (AvgIpc) is 3.13. The number of pyridine rings is 1. The lowest BCUT2D eigenvalue weighted by Gasteiger charge is -2.20. The number of aryl methyl sites for hydroxylation is 4. The van der Waals surface area contributed by atoms with Crippen molar-refractivity contribution in [1.82, 2.24) is 24.5 Å². The third-order valence-corrected chi connectivity index (χ3v) is 5.64. The molecule has 3 rings (SSSR count). The smallest absolute Gasteiger partial charge is 0.290 e. The van der Waals surface area contributed by atoms with Crippen molar-refractivity contribution < 1.29 is 4.74 Å². The van der Waals surface area contributed by atoms with E-state index in [1.807, 2.05) is 30.9 Å². The highest BCUT2D eigenvalue weighted by atomic mass is 16.5. The fourth-order valence-corrected chi connectivity index (χ4v) is 3.28. The second kappa shape index (κ2) is 9.76. The molecule has 0 fully saturated rings. The Labute approximate surface area is 183 Å². The molecule has 0 aromatic carbocycles. The molecule has 0 aliphatic heterocycles. The predicted octanol–water partition coefficient (Wildman–Crippen LogP) is 3.21. The van der Waals surface area contributed by atoms with Gasteiger partial charge in [0.15, 0.2) is 0 Å². The molecular formula is C23H32N6O2. The van der Waals surface area contributed by atoms with E-state index in [0.29, 0.717) is 24.7 Å². The predicted molar refractivity (Wildman–Crippen MR) is 121 cm³/mol. The van der Waals surface area contributed by atoms with Gasteiger partial charge in [-0.2, -0.15) is 5.10 Å². The Morgan fingerprint density at radius 1 is 1.13 bits per heavy atom. The topological polar surface area (TPSA) is 86.9 Å². The molecule has 3 heterocycles. The third kappa shape index (κ3) is 5.51. The summed E-state index contributed by atoms with van der Waals surface area (Å²) in [5, 5.41) is 11.9. The summed E-state index contributed by atoms with van der Waals surface area (Å²) in [7, 11) is 3.53. The summed E-state index contributed by atoms with van der Waals surface area (Å²) in [4.78, 5) is 17.0. The Hall–Kier alpha value is -3.16. The summed E-state index contributed by atoms with van der Waals surface area (Å²) in [5.74, 6) is 0.885. The summed E-state index contributed by atoms with van der Waals surface area (Å²) in [6, 6.07) is 7.84. The van der Waals surface area contributed by atoms with E-state index >= 15 is 0 Å². The minimum atomic E-state index is -0.199. The molecule has 8 heteroatoms. The SMILES string of the molecule is CCc1cc(CNc2cc(OCC(C)[C@H](C)c3ccc(C)cn3)nn(C)c2=O)n(C)n1. The van der Waals surface area contributed by atoms with Crippen LogP contribution in [0, 0.1) is 12.8 Å². The van der Waals surface area contributed by atoms with Gasteiger partial charge in [-0.05, 0) is 37.0 Å². The van der Waals surface area contributed by atoms with Crippen molar-refractivity contribution in [3.63, 3.8) is 0 Å². The standard InChI is InChI=1S/C23H32N6O2/c1-7-18-10-19(28(5)26-18)13-25-21-11-22(27-29(6)23(21)30)31-14-16(3)17(4)20-9-8-15(2)12-24-20/h8-12,16-17,25H,7,13-14H2,1-6H3/t16?,17-/m0/s1. The molecule has 8 nitrogen and oxygen atoms in total. The van der Waals surface area contributed by atoms with E-state index < -0.39 is 0 Å². The van der Waals surface area contributed by atoms with Gasteiger partial charge in [-0.1, -0.05) is 26.8 Å². The molecule has 0 aliphatic carbocycles. The molecular weight excluding hydrogens is 392 g/mol. The van der Waals surface area contributed by atoms with Crippen LogP contribution in [0.25, 0.3) is 0 Å². The van der Waals surface area contributed by atoms with Crippen LogP contribution in [-0.2, 0) is 27.1 Å². The van der Waals surface area contributed by atoms with E-state index in [9.17, 15) is 4.79 Å². The lowest BCUT2D eigenvalue weighted by atomic mass is 9.93. The number of nitrogens with zero attached hydrogens (tertiary/aromatic N) is 5. The molecule has 0 amide bonds. The zero-order valence-corrected chi connectivity index (χ0v) is 19.2. The number of anilines is 1. The summed E-state index contributed by atoms with van der Waals surface area (Å²) in [6.07, 6.45) is 2.76. The van der Waals surface area contributed by atoms with E-state index in [-0.39, 0.29) is 17.4 Å². The molecule has 0 bridgehead atoms. The Morgan fingerprint density at radius 2 is 1.90 bits per heavy atom. The summed E-state index contributed by atoms with van der Waals surface area (Å²) >= 11 is 0. The van der Waals surface area contributed by atoms with E-state index in [0.717, 1.165) is 29.1 Å². The first kappa shape index (κ1) is 22.5. The molecule has 0 saturated heterocycles. The van der Waals surface area contributed by atoms with Gasteiger partial charge in [-0.25, -0.2) is 4.68 Å². The summed E-state index contributed by atoms with van der Waals surface area (Å²) in [6.45, 7) is 9.34.